The molecule has 0 saturated heterocycles. The van der Waals surface area contributed by atoms with E-state index in [1.54, 1.807) is 0 Å². The summed E-state index contributed by atoms with van der Waals surface area (Å²) in [7, 11) is 0. The Hall–Kier alpha value is -0.350. The molecule has 3 nitrogen and oxygen atoms in total. The molecule has 0 spiro atoms. The number of hydrogen-bond acceptors (Lipinski definition) is 4. The van der Waals surface area contributed by atoms with Gasteiger partial charge in [0.1, 0.15) is 11.1 Å². The third kappa shape index (κ3) is 3.08. The molecule has 1 aliphatic carbocycles. The molecule has 5 heteroatoms. The average Bonchev–Trinajstić information content (AvgIpc) is 2.69. The lowest BCUT2D eigenvalue weighted by Gasteiger charge is -2.33. The third-order valence-corrected chi connectivity index (χ3v) is 4.34. The highest BCUT2D eigenvalue weighted by molar-refractivity contribution is 7.13. The Balaban J connectivity index is 1.87. The lowest BCUT2D eigenvalue weighted by atomic mass is 9.76. The Bertz CT molecular complexity index is 344. The van der Waals surface area contributed by atoms with Crippen molar-refractivity contribution in [1.29, 1.82) is 0 Å². The van der Waals surface area contributed by atoms with Crippen LogP contribution in [0.25, 0.3) is 0 Å². The molecule has 1 fully saturated rings. The fourth-order valence-electron chi connectivity index (χ4n) is 1.97. The molecule has 0 aromatic carbocycles. The summed E-state index contributed by atoms with van der Waals surface area (Å²) in [6.45, 7) is 4.64. The monoisotopic (exact) mass is 260 g/mol. The summed E-state index contributed by atoms with van der Waals surface area (Å²) in [4.78, 5) is 0. The lowest BCUT2D eigenvalue weighted by molar-refractivity contribution is 0.0978. The average molecular weight is 261 g/mol. The Labute approximate surface area is 105 Å². The van der Waals surface area contributed by atoms with Crippen LogP contribution < -0.4 is 4.74 Å². The largest absolute Gasteiger partial charge is 0.466 e. The second-order valence-corrected chi connectivity index (χ2v) is 6.37. The quantitative estimate of drug-likeness (QED) is 0.779. The first-order valence-corrected chi connectivity index (χ1v) is 6.99. The number of aromatic nitrogens is 2. The van der Waals surface area contributed by atoms with Gasteiger partial charge in [-0.3, -0.25) is 0 Å². The Morgan fingerprint density at radius 3 is 2.62 bits per heavy atom. The number of halogens is 1. The van der Waals surface area contributed by atoms with Gasteiger partial charge in [-0.2, -0.15) is 0 Å². The number of nitrogens with zero attached hydrogens (tertiary/aromatic N) is 2. The fourth-order valence-corrected chi connectivity index (χ4v) is 2.79. The first-order valence-electron chi connectivity index (χ1n) is 5.64. The van der Waals surface area contributed by atoms with Crippen LogP contribution in [0.2, 0.25) is 0 Å². The molecule has 0 atom stereocenters. The van der Waals surface area contributed by atoms with Crippen molar-refractivity contribution in [1.82, 2.24) is 10.2 Å². The molecule has 1 saturated carbocycles. The molecular weight excluding hydrogens is 244 g/mol. The van der Waals surface area contributed by atoms with Gasteiger partial charge in [0.25, 0.3) is 5.19 Å². The predicted molar refractivity (Wildman–Crippen MR) is 66.1 cm³/mol. The SMILES string of the molecule is CC1(C)CCC(Oc2nnc(CCl)s2)CC1. The van der Waals surface area contributed by atoms with Crippen LogP contribution >= 0.6 is 22.9 Å². The van der Waals surface area contributed by atoms with E-state index in [1.165, 1.54) is 24.2 Å². The summed E-state index contributed by atoms with van der Waals surface area (Å²) in [6, 6.07) is 0. The highest BCUT2D eigenvalue weighted by Crippen LogP contribution is 2.36. The number of alkyl halides is 1. The van der Waals surface area contributed by atoms with Crippen LogP contribution in [-0.2, 0) is 5.88 Å². The van der Waals surface area contributed by atoms with Gasteiger partial charge < -0.3 is 4.74 Å². The van der Waals surface area contributed by atoms with Crippen molar-refractivity contribution in [2.24, 2.45) is 5.41 Å². The van der Waals surface area contributed by atoms with Crippen LogP contribution in [0.3, 0.4) is 0 Å². The van der Waals surface area contributed by atoms with Gasteiger partial charge in [0.2, 0.25) is 0 Å². The third-order valence-electron chi connectivity index (χ3n) is 3.12. The van der Waals surface area contributed by atoms with E-state index >= 15 is 0 Å². The maximum absolute atomic E-state index is 5.82. The molecule has 0 radical (unpaired) electrons. The van der Waals surface area contributed by atoms with Crippen LogP contribution in [0.4, 0.5) is 0 Å². The molecule has 1 aliphatic rings. The van der Waals surface area contributed by atoms with Crippen molar-refractivity contribution < 1.29 is 4.74 Å². The predicted octanol–water partition coefficient (Wildman–Crippen LogP) is 3.62. The summed E-state index contributed by atoms with van der Waals surface area (Å²) in [5.74, 6) is 0.415. The van der Waals surface area contributed by atoms with E-state index in [0.717, 1.165) is 17.8 Å². The first kappa shape index (κ1) is 12.1. The van der Waals surface area contributed by atoms with E-state index in [0.29, 0.717) is 22.6 Å². The Morgan fingerprint density at radius 2 is 2.06 bits per heavy atom. The molecular formula is C11H17ClN2OS. The van der Waals surface area contributed by atoms with E-state index in [9.17, 15) is 0 Å². The molecule has 1 aromatic rings. The van der Waals surface area contributed by atoms with Crippen molar-refractivity contribution >= 4 is 22.9 Å². The zero-order chi connectivity index (χ0) is 11.6. The van der Waals surface area contributed by atoms with E-state index in [-0.39, 0.29) is 0 Å². The molecule has 0 aliphatic heterocycles. The van der Waals surface area contributed by atoms with Gasteiger partial charge in [-0.1, -0.05) is 25.2 Å². The van der Waals surface area contributed by atoms with Gasteiger partial charge in [-0.15, -0.1) is 21.8 Å². The summed E-state index contributed by atoms with van der Waals surface area (Å²) < 4.78 is 5.82. The zero-order valence-electron chi connectivity index (χ0n) is 9.70. The smallest absolute Gasteiger partial charge is 0.294 e. The summed E-state index contributed by atoms with van der Waals surface area (Å²) in [6.07, 6.45) is 4.98. The number of ether oxygens (including phenoxy) is 1. The highest BCUT2D eigenvalue weighted by atomic mass is 35.5. The number of rotatable bonds is 3. The Kier molecular flexibility index (Phi) is 3.70. The lowest BCUT2D eigenvalue weighted by Crippen LogP contribution is -2.28. The summed E-state index contributed by atoms with van der Waals surface area (Å²) in [5.41, 5.74) is 0.474. The van der Waals surface area contributed by atoms with Gasteiger partial charge in [-0.05, 0) is 31.1 Å². The van der Waals surface area contributed by atoms with Crippen LogP contribution in [0.5, 0.6) is 5.19 Å². The van der Waals surface area contributed by atoms with Crippen LogP contribution in [0.1, 0.15) is 44.5 Å². The molecule has 0 N–H and O–H groups in total. The van der Waals surface area contributed by atoms with Gasteiger partial charge in [-0.25, -0.2) is 0 Å². The maximum Gasteiger partial charge on any atom is 0.294 e. The van der Waals surface area contributed by atoms with Gasteiger partial charge >= 0.3 is 0 Å². The zero-order valence-corrected chi connectivity index (χ0v) is 11.3. The van der Waals surface area contributed by atoms with Gasteiger partial charge in [0.05, 0.1) is 5.88 Å². The van der Waals surface area contributed by atoms with Crippen LogP contribution in [-0.4, -0.2) is 16.3 Å². The van der Waals surface area contributed by atoms with Crippen molar-refractivity contribution in [2.45, 2.75) is 51.5 Å². The van der Waals surface area contributed by atoms with Crippen LogP contribution in [0.15, 0.2) is 0 Å². The summed E-state index contributed by atoms with van der Waals surface area (Å²) >= 11 is 7.12. The number of hydrogen-bond donors (Lipinski definition) is 0. The van der Waals surface area contributed by atoms with E-state index in [1.807, 2.05) is 0 Å². The van der Waals surface area contributed by atoms with Gasteiger partial charge in [0, 0.05) is 0 Å². The normalized spacial score (nSPS) is 20.9. The standard InChI is InChI=1S/C11H17ClN2OS/c1-11(2)5-3-8(4-6-11)15-10-14-13-9(7-12)16-10/h8H,3-7H2,1-2H3. The minimum absolute atomic E-state index is 0.309. The van der Waals surface area contributed by atoms with E-state index in [2.05, 4.69) is 24.0 Å². The van der Waals surface area contributed by atoms with Gasteiger partial charge in [0.15, 0.2) is 0 Å². The summed E-state index contributed by atoms with van der Waals surface area (Å²) in [5, 5.41) is 9.41. The second-order valence-electron chi connectivity index (χ2n) is 5.08. The molecule has 90 valence electrons. The van der Waals surface area contributed by atoms with Crippen molar-refractivity contribution in [2.75, 3.05) is 0 Å². The molecule has 2 rings (SSSR count). The van der Waals surface area contributed by atoms with Crippen LogP contribution in [0, 0.1) is 5.41 Å². The minimum atomic E-state index is 0.309. The van der Waals surface area contributed by atoms with Crippen molar-refractivity contribution in [3.63, 3.8) is 0 Å². The molecule has 16 heavy (non-hydrogen) atoms. The molecule has 0 bridgehead atoms. The topological polar surface area (TPSA) is 35.0 Å². The molecule has 1 heterocycles. The molecule has 0 unspecified atom stereocenters. The fraction of sp³-hybridized carbons (Fsp3) is 0.818. The first-order chi connectivity index (χ1) is 7.59. The maximum atomic E-state index is 5.82. The highest BCUT2D eigenvalue weighted by Gasteiger charge is 2.28. The van der Waals surface area contributed by atoms with E-state index in [4.69, 9.17) is 16.3 Å². The second kappa shape index (κ2) is 4.88. The molecule has 0 amide bonds. The minimum Gasteiger partial charge on any atom is -0.466 e. The molecule has 1 aromatic heterocycles. The van der Waals surface area contributed by atoms with Crippen molar-refractivity contribution in [3.05, 3.63) is 5.01 Å². The van der Waals surface area contributed by atoms with E-state index < -0.39 is 0 Å². The Morgan fingerprint density at radius 1 is 1.38 bits per heavy atom. The van der Waals surface area contributed by atoms with Crippen molar-refractivity contribution in [3.8, 4) is 5.19 Å².